The van der Waals surface area contributed by atoms with Gasteiger partial charge in [-0.05, 0) is 44.2 Å². The molecule has 1 fully saturated rings. The van der Waals surface area contributed by atoms with Gasteiger partial charge < -0.3 is 15.0 Å². The van der Waals surface area contributed by atoms with Gasteiger partial charge in [-0.25, -0.2) is 9.78 Å². The molecule has 2 N–H and O–H groups in total. The number of anilines is 1. The lowest BCUT2D eigenvalue weighted by Gasteiger charge is -2.19. The lowest BCUT2D eigenvalue weighted by atomic mass is 10.2. The molecule has 0 bridgehead atoms. The quantitative estimate of drug-likeness (QED) is 0.751. The maximum atomic E-state index is 11.6. The number of benzene rings is 2. The van der Waals surface area contributed by atoms with E-state index in [1.807, 2.05) is 49.4 Å². The van der Waals surface area contributed by atoms with Crippen molar-refractivity contribution in [2.75, 3.05) is 18.6 Å². The molecule has 0 saturated carbocycles. The summed E-state index contributed by atoms with van der Waals surface area (Å²) in [6.45, 7) is 4.77. The van der Waals surface area contributed by atoms with Crippen molar-refractivity contribution in [1.29, 1.82) is 0 Å². The van der Waals surface area contributed by atoms with Gasteiger partial charge in [0, 0.05) is 12.2 Å². The molecule has 0 aliphatic carbocycles. The van der Waals surface area contributed by atoms with Crippen molar-refractivity contribution in [2.24, 2.45) is 0 Å². The highest BCUT2D eigenvalue weighted by Gasteiger charge is 2.28. The van der Waals surface area contributed by atoms with Crippen LogP contribution in [0.1, 0.15) is 12.5 Å². The number of carbonyl (C=O) groups is 1. The highest BCUT2D eigenvalue weighted by molar-refractivity contribution is 5.96. The van der Waals surface area contributed by atoms with E-state index in [0.717, 1.165) is 22.5 Å². The van der Waals surface area contributed by atoms with Gasteiger partial charge >= 0.3 is 6.03 Å². The number of aromatic amines is 1. The molecule has 4 rings (SSSR count). The van der Waals surface area contributed by atoms with E-state index >= 15 is 0 Å². The lowest BCUT2D eigenvalue weighted by molar-refractivity contribution is 0.252. The van der Waals surface area contributed by atoms with E-state index in [1.54, 1.807) is 18.3 Å². The number of methoxy groups -OCH3 is 1. The zero-order chi connectivity index (χ0) is 17.8. The third-order valence-electron chi connectivity index (χ3n) is 4.15. The third kappa shape index (κ3) is 3.74. The normalized spacial score (nSPS) is 16.4. The van der Waals surface area contributed by atoms with Gasteiger partial charge in [0.2, 0.25) is 0 Å². The van der Waals surface area contributed by atoms with Gasteiger partial charge in [-0.15, -0.1) is 0 Å². The monoisotopic (exact) mass is 338 g/mol. The smallest absolute Gasteiger partial charge is 0.322 e. The molecular formula is C19H22N4O2. The van der Waals surface area contributed by atoms with E-state index in [-0.39, 0.29) is 12.1 Å². The summed E-state index contributed by atoms with van der Waals surface area (Å²) >= 11 is 0. The van der Waals surface area contributed by atoms with Crippen LogP contribution in [0.25, 0.3) is 11.0 Å². The van der Waals surface area contributed by atoms with Crippen molar-refractivity contribution in [3.8, 4) is 5.75 Å². The molecule has 3 aromatic rings. The fourth-order valence-electron chi connectivity index (χ4n) is 2.73. The second kappa shape index (κ2) is 7.25. The number of nitrogens with zero attached hydrogens (tertiary/aromatic N) is 2. The number of hydrogen-bond donors (Lipinski definition) is 2. The minimum Gasteiger partial charge on any atom is -0.497 e. The average molecular weight is 338 g/mol. The second-order valence-corrected chi connectivity index (χ2v) is 6.03. The maximum absolute atomic E-state index is 11.6. The van der Waals surface area contributed by atoms with Crippen molar-refractivity contribution < 1.29 is 9.53 Å². The Balaban J connectivity index is 0.000000173. The minimum absolute atomic E-state index is 0.0358. The van der Waals surface area contributed by atoms with Crippen LogP contribution in [0.5, 0.6) is 5.75 Å². The van der Waals surface area contributed by atoms with Crippen LogP contribution in [0.3, 0.4) is 0 Å². The average Bonchev–Trinajstić information content (AvgIpc) is 3.22. The zero-order valence-electron chi connectivity index (χ0n) is 14.6. The van der Waals surface area contributed by atoms with Crippen LogP contribution in [0, 0.1) is 6.92 Å². The Morgan fingerprint density at radius 3 is 2.60 bits per heavy atom. The first-order chi connectivity index (χ1) is 12.1. The molecule has 25 heavy (non-hydrogen) atoms. The Hall–Kier alpha value is -3.02. The van der Waals surface area contributed by atoms with Crippen LogP contribution in [-0.2, 0) is 0 Å². The fraction of sp³-hybridized carbons (Fsp3) is 0.263. The summed E-state index contributed by atoms with van der Waals surface area (Å²) in [7, 11) is 1.67. The van der Waals surface area contributed by atoms with Gasteiger partial charge in [0.15, 0.2) is 0 Å². The Kier molecular flexibility index (Phi) is 4.88. The highest BCUT2D eigenvalue weighted by Crippen LogP contribution is 2.23. The van der Waals surface area contributed by atoms with Crippen LogP contribution in [0.15, 0.2) is 48.8 Å². The molecule has 2 heterocycles. The molecule has 1 aliphatic heterocycles. The molecule has 0 spiro atoms. The van der Waals surface area contributed by atoms with Crippen LogP contribution in [0.2, 0.25) is 0 Å². The number of aromatic nitrogens is 2. The Morgan fingerprint density at radius 1 is 1.20 bits per heavy atom. The van der Waals surface area contributed by atoms with Crippen LogP contribution in [0.4, 0.5) is 10.5 Å². The number of H-pyrrole nitrogens is 1. The SMILES string of the molecule is CC1CNC(=O)N1c1ccc2nc[nH]c2c1.COc1ccc(C)cc1. The Labute approximate surface area is 146 Å². The number of rotatable bonds is 2. The van der Waals surface area contributed by atoms with Gasteiger partial charge in [0.05, 0.1) is 30.5 Å². The summed E-state index contributed by atoms with van der Waals surface area (Å²) in [5.41, 5.74) is 4.02. The van der Waals surface area contributed by atoms with Crippen LogP contribution >= 0.6 is 0 Å². The van der Waals surface area contributed by atoms with Crippen molar-refractivity contribution in [1.82, 2.24) is 15.3 Å². The Bertz CT molecular complexity index is 857. The van der Waals surface area contributed by atoms with E-state index < -0.39 is 0 Å². The number of imidazole rings is 1. The predicted octanol–water partition coefficient (Wildman–Crippen LogP) is 3.48. The van der Waals surface area contributed by atoms with Crippen molar-refractivity contribution in [3.05, 3.63) is 54.4 Å². The molecular weight excluding hydrogens is 316 g/mol. The molecule has 1 aliphatic rings. The fourth-order valence-corrected chi connectivity index (χ4v) is 2.73. The van der Waals surface area contributed by atoms with Gasteiger partial charge in [0.25, 0.3) is 0 Å². The van der Waals surface area contributed by atoms with E-state index in [9.17, 15) is 4.79 Å². The van der Waals surface area contributed by atoms with E-state index in [1.165, 1.54) is 5.56 Å². The first-order valence-electron chi connectivity index (χ1n) is 8.19. The first kappa shape index (κ1) is 16.8. The standard InChI is InChI=1S/C11H12N4O.C8H10O/c1-7-5-12-11(16)15(7)8-2-3-9-10(4-8)14-6-13-9;1-7-3-5-8(9-2)6-4-7/h2-4,6-7H,5H2,1H3,(H,12,16)(H,13,14);3-6H,1-2H3. The third-order valence-corrected chi connectivity index (χ3v) is 4.15. The molecule has 1 aromatic heterocycles. The van der Waals surface area contributed by atoms with Gasteiger partial charge in [-0.1, -0.05) is 17.7 Å². The number of fused-ring (bicyclic) bond motifs is 1. The van der Waals surface area contributed by atoms with Crippen molar-refractivity contribution in [2.45, 2.75) is 19.9 Å². The summed E-state index contributed by atoms with van der Waals surface area (Å²) in [5.74, 6) is 0.917. The number of urea groups is 1. The topological polar surface area (TPSA) is 70.2 Å². The highest BCUT2D eigenvalue weighted by atomic mass is 16.5. The largest absolute Gasteiger partial charge is 0.497 e. The number of carbonyl (C=O) groups excluding carboxylic acids is 1. The first-order valence-corrected chi connectivity index (χ1v) is 8.19. The van der Waals surface area contributed by atoms with Gasteiger partial charge in [0.1, 0.15) is 5.75 Å². The number of hydrogen-bond acceptors (Lipinski definition) is 3. The molecule has 6 heteroatoms. The van der Waals surface area contributed by atoms with Crippen LogP contribution < -0.4 is 15.0 Å². The second-order valence-electron chi connectivity index (χ2n) is 6.03. The Morgan fingerprint density at radius 2 is 1.96 bits per heavy atom. The molecule has 1 atom stereocenters. The summed E-state index contributed by atoms with van der Waals surface area (Å²) in [6.07, 6.45) is 1.65. The van der Waals surface area contributed by atoms with Crippen LogP contribution in [-0.4, -0.2) is 35.7 Å². The number of ether oxygens (including phenoxy) is 1. The molecule has 0 radical (unpaired) electrons. The van der Waals surface area contributed by atoms with Crippen molar-refractivity contribution in [3.63, 3.8) is 0 Å². The summed E-state index contributed by atoms with van der Waals surface area (Å²) < 4.78 is 4.97. The minimum atomic E-state index is -0.0358. The molecule has 6 nitrogen and oxygen atoms in total. The van der Waals surface area contributed by atoms with Crippen molar-refractivity contribution >= 4 is 22.8 Å². The molecule has 1 unspecified atom stereocenters. The maximum Gasteiger partial charge on any atom is 0.322 e. The van der Waals surface area contributed by atoms with E-state index in [2.05, 4.69) is 22.2 Å². The number of nitrogens with one attached hydrogen (secondary N) is 2. The summed E-state index contributed by atoms with van der Waals surface area (Å²) in [5, 5.41) is 2.82. The lowest BCUT2D eigenvalue weighted by Crippen LogP contribution is -2.32. The van der Waals surface area contributed by atoms with Gasteiger partial charge in [-0.2, -0.15) is 0 Å². The predicted molar refractivity (Wildman–Crippen MR) is 99.2 cm³/mol. The zero-order valence-corrected chi connectivity index (χ0v) is 14.6. The number of aryl methyl sites for hydroxylation is 1. The summed E-state index contributed by atoms with van der Waals surface area (Å²) in [4.78, 5) is 20.6. The van der Waals surface area contributed by atoms with E-state index in [4.69, 9.17) is 4.74 Å². The molecule has 1 saturated heterocycles. The van der Waals surface area contributed by atoms with Gasteiger partial charge in [-0.3, -0.25) is 4.90 Å². The molecule has 130 valence electrons. The molecule has 2 amide bonds. The summed E-state index contributed by atoms with van der Waals surface area (Å²) in [6, 6.07) is 13.9. The molecule has 2 aromatic carbocycles. The number of amides is 2. The van der Waals surface area contributed by atoms with E-state index in [0.29, 0.717) is 6.54 Å².